The number of hydrogen-bond donors (Lipinski definition) is 2. The highest BCUT2D eigenvalue weighted by Gasteiger charge is 2.05. The quantitative estimate of drug-likeness (QED) is 0.629. The predicted octanol–water partition coefficient (Wildman–Crippen LogP) is 5.22. The average molecular weight is 367 g/mol. The van der Waals surface area contributed by atoms with Crippen LogP contribution in [0.5, 0.6) is 5.75 Å². The van der Waals surface area contributed by atoms with Gasteiger partial charge in [-0.3, -0.25) is 4.79 Å². The van der Waals surface area contributed by atoms with Crippen LogP contribution in [-0.2, 0) is 4.79 Å². The molecule has 2 aromatic rings. The lowest BCUT2D eigenvalue weighted by atomic mass is 10.3. The van der Waals surface area contributed by atoms with Crippen molar-refractivity contribution in [2.45, 2.75) is 19.8 Å². The Balaban J connectivity index is 1.85. The van der Waals surface area contributed by atoms with Gasteiger partial charge in [-0.05, 0) is 36.8 Å². The maximum atomic E-state index is 12.0. The number of ether oxygens (including phenoxy) is 1. The number of halogens is 2. The molecule has 128 valence electrons. The Morgan fingerprint density at radius 1 is 1.08 bits per heavy atom. The summed E-state index contributed by atoms with van der Waals surface area (Å²) in [6.07, 6.45) is 2.08. The molecule has 0 saturated carbocycles. The van der Waals surface area contributed by atoms with E-state index in [1.54, 1.807) is 18.2 Å². The van der Waals surface area contributed by atoms with Gasteiger partial charge in [0.05, 0.1) is 23.2 Å². The summed E-state index contributed by atoms with van der Waals surface area (Å²) in [6, 6.07) is 12.5. The molecule has 0 spiro atoms. The van der Waals surface area contributed by atoms with Gasteiger partial charge in [0.2, 0.25) is 5.91 Å². The third kappa shape index (κ3) is 5.95. The zero-order valence-corrected chi connectivity index (χ0v) is 15.0. The highest BCUT2D eigenvalue weighted by molar-refractivity contribution is 6.42. The van der Waals surface area contributed by atoms with E-state index in [-0.39, 0.29) is 12.5 Å². The van der Waals surface area contributed by atoms with Gasteiger partial charge in [-0.1, -0.05) is 42.6 Å². The first kappa shape index (κ1) is 18.4. The molecule has 1 amide bonds. The molecular weight excluding hydrogens is 347 g/mol. The molecule has 0 fully saturated rings. The van der Waals surface area contributed by atoms with Crippen molar-refractivity contribution in [1.82, 2.24) is 0 Å². The van der Waals surface area contributed by atoms with Crippen LogP contribution in [0.1, 0.15) is 19.8 Å². The van der Waals surface area contributed by atoms with Gasteiger partial charge in [-0.25, -0.2) is 0 Å². The van der Waals surface area contributed by atoms with Crippen LogP contribution < -0.4 is 15.4 Å². The van der Waals surface area contributed by atoms with Gasteiger partial charge in [0.25, 0.3) is 0 Å². The lowest BCUT2D eigenvalue weighted by Crippen LogP contribution is -2.21. The van der Waals surface area contributed by atoms with Crippen molar-refractivity contribution < 1.29 is 9.53 Å². The third-order valence-corrected chi connectivity index (χ3v) is 4.00. The smallest absolute Gasteiger partial charge is 0.243 e. The Morgan fingerprint density at radius 2 is 1.92 bits per heavy atom. The standard InChI is InChI=1S/C18H20Cl2N2O2/c1-2-3-9-24-15-6-4-5-14(10-15)22-18(23)12-21-13-7-8-16(19)17(20)11-13/h4-8,10-11,21H,2-3,9,12H2,1H3,(H,22,23). The van der Waals surface area contributed by atoms with Crippen molar-refractivity contribution in [1.29, 1.82) is 0 Å². The van der Waals surface area contributed by atoms with E-state index in [2.05, 4.69) is 17.6 Å². The largest absolute Gasteiger partial charge is 0.494 e. The maximum absolute atomic E-state index is 12.0. The molecule has 2 N–H and O–H groups in total. The fourth-order valence-corrected chi connectivity index (χ4v) is 2.29. The summed E-state index contributed by atoms with van der Waals surface area (Å²) in [5, 5.41) is 6.75. The van der Waals surface area contributed by atoms with Crippen molar-refractivity contribution in [2.24, 2.45) is 0 Å². The van der Waals surface area contributed by atoms with E-state index >= 15 is 0 Å². The first-order valence-electron chi connectivity index (χ1n) is 7.80. The van der Waals surface area contributed by atoms with Crippen LogP contribution in [0, 0.1) is 0 Å². The van der Waals surface area contributed by atoms with E-state index < -0.39 is 0 Å². The Kier molecular flexibility index (Phi) is 7.22. The number of unbranched alkanes of at least 4 members (excludes halogenated alkanes) is 1. The number of amides is 1. The fraction of sp³-hybridized carbons (Fsp3) is 0.278. The molecule has 2 aromatic carbocycles. The lowest BCUT2D eigenvalue weighted by Gasteiger charge is -2.10. The Morgan fingerprint density at radius 3 is 2.67 bits per heavy atom. The van der Waals surface area contributed by atoms with Gasteiger partial charge in [-0.2, -0.15) is 0 Å². The van der Waals surface area contributed by atoms with Crippen LogP contribution in [0.2, 0.25) is 10.0 Å². The molecule has 0 aliphatic rings. The Labute approximate surface area is 152 Å². The molecule has 6 heteroatoms. The zero-order chi connectivity index (χ0) is 17.4. The van der Waals surface area contributed by atoms with Crippen LogP contribution >= 0.6 is 23.2 Å². The van der Waals surface area contributed by atoms with Gasteiger partial charge in [-0.15, -0.1) is 0 Å². The molecule has 0 heterocycles. The molecule has 0 radical (unpaired) electrons. The minimum atomic E-state index is -0.160. The summed E-state index contributed by atoms with van der Waals surface area (Å²) in [5.74, 6) is 0.588. The van der Waals surface area contributed by atoms with E-state index in [0.717, 1.165) is 24.3 Å². The molecule has 24 heavy (non-hydrogen) atoms. The number of carbonyl (C=O) groups is 1. The zero-order valence-electron chi connectivity index (χ0n) is 13.4. The van der Waals surface area contributed by atoms with Gasteiger partial charge in [0.15, 0.2) is 0 Å². The fourth-order valence-electron chi connectivity index (χ4n) is 1.99. The molecule has 0 aliphatic carbocycles. The third-order valence-electron chi connectivity index (χ3n) is 3.26. The first-order valence-corrected chi connectivity index (χ1v) is 8.55. The topological polar surface area (TPSA) is 50.4 Å². The van der Waals surface area contributed by atoms with Crippen LogP contribution in [0.15, 0.2) is 42.5 Å². The average Bonchev–Trinajstić information content (AvgIpc) is 2.57. The molecule has 0 bridgehead atoms. The van der Waals surface area contributed by atoms with E-state index in [9.17, 15) is 4.79 Å². The summed E-state index contributed by atoms with van der Waals surface area (Å²) in [7, 11) is 0. The maximum Gasteiger partial charge on any atom is 0.243 e. The number of nitrogens with one attached hydrogen (secondary N) is 2. The van der Waals surface area contributed by atoms with E-state index in [0.29, 0.717) is 22.3 Å². The monoisotopic (exact) mass is 366 g/mol. The van der Waals surface area contributed by atoms with Gasteiger partial charge < -0.3 is 15.4 Å². The van der Waals surface area contributed by atoms with Crippen molar-refractivity contribution >= 4 is 40.5 Å². The van der Waals surface area contributed by atoms with E-state index in [1.165, 1.54) is 0 Å². The summed E-state index contributed by atoms with van der Waals surface area (Å²) in [6.45, 7) is 2.91. The Bertz CT molecular complexity index is 692. The predicted molar refractivity (Wildman–Crippen MR) is 100 cm³/mol. The van der Waals surface area contributed by atoms with Crippen molar-refractivity contribution in [3.05, 3.63) is 52.5 Å². The van der Waals surface area contributed by atoms with Crippen molar-refractivity contribution in [3.63, 3.8) is 0 Å². The molecular formula is C18H20Cl2N2O2. The summed E-state index contributed by atoms with van der Waals surface area (Å²) >= 11 is 11.8. The summed E-state index contributed by atoms with van der Waals surface area (Å²) < 4.78 is 5.63. The SMILES string of the molecule is CCCCOc1cccc(NC(=O)CNc2ccc(Cl)c(Cl)c2)c1. The summed E-state index contributed by atoms with van der Waals surface area (Å²) in [4.78, 5) is 12.0. The highest BCUT2D eigenvalue weighted by Crippen LogP contribution is 2.25. The van der Waals surface area contributed by atoms with E-state index in [4.69, 9.17) is 27.9 Å². The van der Waals surface area contributed by atoms with Crippen LogP contribution in [-0.4, -0.2) is 19.1 Å². The first-order chi connectivity index (χ1) is 11.6. The summed E-state index contributed by atoms with van der Waals surface area (Å²) in [5.41, 5.74) is 1.43. The van der Waals surface area contributed by atoms with Gasteiger partial charge in [0, 0.05) is 17.4 Å². The van der Waals surface area contributed by atoms with Crippen LogP contribution in [0.25, 0.3) is 0 Å². The van der Waals surface area contributed by atoms with Crippen LogP contribution in [0.3, 0.4) is 0 Å². The van der Waals surface area contributed by atoms with Crippen molar-refractivity contribution in [3.8, 4) is 5.75 Å². The number of benzene rings is 2. The molecule has 2 rings (SSSR count). The Hall–Kier alpha value is -1.91. The minimum absolute atomic E-state index is 0.124. The number of carbonyl (C=O) groups excluding carboxylic acids is 1. The second-order valence-corrected chi connectivity index (χ2v) is 6.07. The molecule has 0 unspecified atom stereocenters. The second-order valence-electron chi connectivity index (χ2n) is 5.26. The molecule has 4 nitrogen and oxygen atoms in total. The van der Waals surface area contributed by atoms with E-state index in [1.807, 2.05) is 24.3 Å². The number of anilines is 2. The van der Waals surface area contributed by atoms with Crippen molar-refractivity contribution in [2.75, 3.05) is 23.8 Å². The number of rotatable bonds is 8. The molecule has 0 atom stereocenters. The normalized spacial score (nSPS) is 10.3. The minimum Gasteiger partial charge on any atom is -0.494 e. The van der Waals surface area contributed by atoms with Gasteiger partial charge in [0.1, 0.15) is 5.75 Å². The lowest BCUT2D eigenvalue weighted by molar-refractivity contribution is -0.114. The number of hydrogen-bond acceptors (Lipinski definition) is 3. The molecule has 0 aliphatic heterocycles. The molecule has 0 saturated heterocycles. The highest BCUT2D eigenvalue weighted by atomic mass is 35.5. The van der Waals surface area contributed by atoms with Crippen LogP contribution in [0.4, 0.5) is 11.4 Å². The molecule has 0 aromatic heterocycles. The van der Waals surface area contributed by atoms with Gasteiger partial charge >= 0.3 is 0 Å². The second kappa shape index (κ2) is 9.40.